The summed E-state index contributed by atoms with van der Waals surface area (Å²) in [6, 6.07) is 5.65. The lowest BCUT2D eigenvalue weighted by Gasteiger charge is -2.27. The van der Waals surface area contributed by atoms with E-state index >= 15 is 0 Å². The van der Waals surface area contributed by atoms with Crippen LogP contribution in [-0.2, 0) is 11.2 Å². The third-order valence-corrected chi connectivity index (χ3v) is 4.12. The molecule has 1 N–H and O–H groups in total. The molecule has 0 bridgehead atoms. The maximum Gasteiger partial charge on any atom is 0.254 e. The van der Waals surface area contributed by atoms with Crippen LogP contribution in [0.5, 0.6) is 5.75 Å². The number of carbonyl (C=O) groups excluding carboxylic acids is 2. The summed E-state index contributed by atoms with van der Waals surface area (Å²) in [7, 11) is 0. The zero-order chi connectivity index (χ0) is 14.8. The van der Waals surface area contributed by atoms with Crippen molar-refractivity contribution in [2.75, 3.05) is 19.7 Å². The molecule has 2 amide bonds. The Morgan fingerprint density at radius 1 is 1.38 bits per heavy atom. The van der Waals surface area contributed by atoms with E-state index < -0.39 is 0 Å². The molecule has 0 unspecified atom stereocenters. The van der Waals surface area contributed by atoms with E-state index in [4.69, 9.17) is 4.74 Å². The van der Waals surface area contributed by atoms with Gasteiger partial charge in [-0.3, -0.25) is 9.59 Å². The van der Waals surface area contributed by atoms with Crippen LogP contribution in [0.15, 0.2) is 18.2 Å². The van der Waals surface area contributed by atoms with E-state index in [1.165, 1.54) is 0 Å². The number of hydrogen-bond donors (Lipinski definition) is 1. The summed E-state index contributed by atoms with van der Waals surface area (Å²) in [6.07, 6.45) is 2.30. The van der Waals surface area contributed by atoms with Crippen LogP contribution >= 0.6 is 0 Å². The summed E-state index contributed by atoms with van der Waals surface area (Å²) >= 11 is 0. The standard InChI is InChI=1S/C16H20N2O3/c1-11-10-17-15(19)6-7-18(11)16(20)13-4-5-14-12(9-13)3-2-8-21-14/h4-5,9,11H,2-3,6-8,10H2,1H3,(H,17,19)/t11-/m1/s1. The first-order valence-electron chi connectivity index (χ1n) is 7.48. The number of amides is 2. The van der Waals surface area contributed by atoms with Crippen LogP contribution < -0.4 is 10.1 Å². The topological polar surface area (TPSA) is 58.6 Å². The average molecular weight is 288 g/mol. The fourth-order valence-corrected chi connectivity index (χ4v) is 2.86. The number of benzene rings is 1. The summed E-state index contributed by atoms with van der Waals surface area (Å²) < 4.78 is 5.58. The second kappa shape index (κ2) is 5.76. The van der Waals surface area contributed by atoms with E-state index in [-0.39, 0.29) is 17.9 Å². The third kappa shape index (κ3) is 2.86. The number of aryl methyl sites for hydroxylation is 1. The van der Waals surface area contributed by atoms with E-state index in [9.17, 15) is 9.59 Å². The van der Waals surface area contributed by atoms with E-state index in [1.54, 1.807) is 4.90 Å². The van der Waals surface area contributed by atoms with Crippen molar-refractivity contribution in [1.82, 2.24) is 10.2 Å². The molecule has 2 aliphatic rings. The summed E-state index contributed by atoms with van der Waals surface area (Å²) in [4.78, 5) is 25.9. The van der Waals surface area contributed by atoms with E-state index in [1.807, 2.05) is 25.1 Å². The van der Waals surface area contributed by atoms with Crippen LogP contribution in [-0.4, -0.2) is 42.5 Å². The molecule has 1 fully saturated rings. The van der Waals surface area contributed by atoms with Gasteiger partial charge in [0.15, 0.2) is 0 Å². The van der Waals surface area contributed by atoms with Gasteiger partial charge in [-0.05, 0) is 43.5 Å². The quantitative estimate of drug-likeness (QED) is 0.849. The van der Waals surface area contributed by atoms with Crippen LogP contribution in [0.3, 0.4) is 0 Å². The highest BCUT2D eigenvalue weighted by atomic mass is 16.5. The van der Waals surface area contributed by atoms with Gasteiger partial charge in [-0.15, -0.1) is 0 Å². The summed E-state index contributed by atoms with van der Waals surface area (Å²) in [5, 5.41) is 2.83. The summed E-state index contributed by atoms with van der Waals surface area (Å²) in [5.74, 6) is 0.891. The van der Waals surface area contributed by atoms with Crippen molar-refractivity contribution in [3.8, 4) is 5.75 Å². The molecule has 0 aliphatic carbocycles. The van der Waals surface area contributed by atoms with Crippen molar-refractivity contribution >= 4 is 11.8 Å². The minimum absolute atomic E-state index is 0.00706. The molecule has 1 atom stereocenters. The number of carbonyl (C=O) groups is 2. The Morgan fingerprint density at radius 3 is 3.10 bits per heavy atom. The number of fused-ring (bicyclic) bond motifs is 1. The molecule has 2 heterocycles. The molecular formula is C16H20N2O3. The highest BCUT2D eigenvalue weighted by molar-refractivity contribution is 5.95. The zero-order valence-corrected chi connectivity index (χ0v) is 12.2. The lowest BCUT2D eigenvalue weighted by atomic mass is 10.0. The van der Waals surface area contributed by atoms with Crippen LogP contribution in [0.4, 0.5) is 0 Å². The van der Waals surface area contributed by atoms with Crippen molar-refractivity contribution in [2.45, 2.75) is 32.2 Å². The molecule has 1 aromatic carbocycles. The SMILES string of the molecule is C[C@@H]1CNC(=O)CCN1C(=O)c1ccc2c(c1)CCCO2. The van der Waals surface area contributed by atoms with Crippen molar-refractivity contribution in [3.63, 3.8) is 0 Å². The zero-order valence-electron chi connectivity index (χ0n) is 12.2. The van der Waals surface area contributed by atoms with Gasteiger partial charge in [-0.2, -0.15) is 0 Å². The van der Waals surface area contributed by atoms with Crippen molar-refractivity contribution in [2.24, 2.45) is 0 Å². The van der Waals surface area contributed by atoms with Gasteiger partial charge in [0.05, 0.1) is 6.61 Å². The van der Waals surface area contributed by atoms with Crippen LogP contribution in [0, 0.1) is 0 Å². The van der Waals surface area contributed by atoms with Gasteiger partial charge in [-0.1, -0.05) is 0 Å². The number of nitrogens with one attached hydrogen (secondary N) is 1. The molecule has 3 rings (SSSR count). The molecule has 1 aromatic rings. The van der Waals surface area contributed by atoms with Crippen LogP contribution in [0.2, 0.25) is 0 Å². The van der Waals surface area contributed by atoms with Gasteiger partial charge in [0, 0.05) is 31.1 Å². The largest absolute Gasteiger partial charge is 0.493 e. The molecule has 0 aromatic heterocycles. The Hall–Kier alpha value is -2.04. The number of ether oxygens (including phenoxy) is 1. The van der Waals surface area contributed by atoms with Crippen molar-refractivity contribution in [1.29, 1.82) is 0 Å². The predicted molar refractivity (Wildman–Crippen MR) is 78.4 cm³/mol. The van der Waals surface area contributed by atoms with Gasteiger partial charge in [0.1, 0.15) is 5.75 Å². The highest BCUT2D eigenvalue weighted by Gasteiger charge is 2.26. The van der Waals surface area contributed by atoms with Crippen LogP contribution in [0.1, 0.15) is 35.7 Å². The van der Waals surface area contributed by atoms with Gasteiger partial charge >= 0.3 is 0 Å². The maximum absolute atomic E-state index is 12.7. The van der Waals surface area contributed by atoms with Gasteiger partial charge in [0.2, 0.25) is 5.91 Å². The van der Waals surface area contributed by atoms with E-state index in [2.05, 4.69) is 5.32 Å². The van der Waals surface area contributed by atoms with Crippen LogP contribution in [0.25, 0.3) is 0 Å². The Morgan fingerprint density at radius 2 is 2.24 bits per heavy atom. The van der Waals surface area contributed by atoms with Crippen molar-refractivity contribution in [3.05, 3.63) is 29.3 Å². The molecule has 5 nitrogen and oxygen atoms in total. The van der Waals surface area contributed by atoms with Gasteiger partial charge in [-0.25, -0.2) is 0 Å². The molecular weight excluding hydrogens is 268 g/mol. The van der Waals surface area contributed by atoms with Gasteiger partial charge in [0.25, 0.3) is 5.91 Å². The molecule has 112 valence electrons. The molecule has 0 radical (unpaired) electrons. The van der Waals surface area contributed by atoms with Gasteiger partial charge < -0.3 is 15.0 Å². The molecule has 2 aliphatic heterocycles. The highest BCUT2D eigenvalue weighted by Crippen LogP contribution is 2.26. The normalized spacial score (nSPS) is 21.9. The molecule has 21 heavy (non-hydrogen) atoms. The lowest BCUT2D eigenvalue weighted by molar-refractivity contribution is -0.120. The lowest BCUT2D eigenvalue weighted by Crippen LogP contribution is -2.41. The Bertz CT molecular complexity index is 571. The molecule has 0 saturated carbocycles. The molecule has 5 heteroatoms. The first kappa shape index (κ1) is 13.9. The fourth-order valence-electron chi connectivity index (χ4n) is 2.86. The molecule has 1 saturated heterocycles. The minimum atomic E-state index is -0.00706. The van der Waals surface area contributed by atoms with E-state index in [0.29, 0.717) is 25.1 Å². The Labute approximate surface area is 124 Å². The maximum atomic E-state index is 12.7. The first-order valence-corrected chi connectivity index (χ1v) is 7.48. The smallest absolute Gasteiger partial charge is 0.254 e. The predicted octanol–water partition coefficient (Wildman–Crippen LogP) is 1.36. The minimum Gasteiger partial charge on any atom is -0.493 e. The van der Waals surface area contributed by atoms with Crippen molar-refractivity contribution < 1.29 is 14.3 Å². The second-order valence-corrected chi connectivity index (χ2v) is 5.68. The number of rotatable bonds is 1. The summed E-state index contributed by atoms with van der Waals surface area (Å²) in [5.41, 5.74) is 1.78. The Balaban J connectivity index is 1.82. The average Bonchev–Trinajstić information content (AvgIpc) is 2.68. The monoisotopic (exact) mass is 288 g/mol. The number of nitrogens with zero attached hydrogens (tertiary/aromatic N) is 1. The summed E-state index contributed by atoms with van der Waals surface area (Å²) in [6.45, 7) is 3.69. The number of hydrogen-bond acceptors (Lipinski definition) is 3. The Kier molecular flexibility index (Phi) is 3.82. The fraction of sp³-hybridized carbons (Fsp3) is 0.500. The first-order chi connectivity index (χ1) is 10.1. The molecule has 0 spiro atoms. The second-order valence-electron chi connectivity index (χ2n) is 5.68. The third-order valence-electron chi connectivity index (χ3n) is 4.12. The van der Waals surface area contributed by atoms with E-state index in [0.717, 1.165) is 30.8 Å².